The van der Waals surface area contributed by atoms with Crippen molar-refractivity contribution in [3.63, 3.8) is 0 Å². The minimum absolute atomic E-state index is 0.0695. The minimum Gasteiger partial charge on any atom is -0.465 e. The van der Waals surface area contributed by atoms with E-state index in [0.29, 0.717) is 6.61 Å². The fourth-order valence-electron chi connectivity index (χ4n) is 3.34. The zero-order valence-corrected chi connectivity index (χ0v) is 13.5. The predicted molar refractivity (Wildman–Crippen MR) is 78.7 cm³/mol. The van der Waals surface area contributed by atoms with Gasteiger partial charge in [0.25, 0.3) is 0 Å². The summed E-state index contributed by atoms with van der Waals surface area (Å²) in [6, 6.07) is 0.101. The van der Waals surface area contributed by atoms with Crippen LogP contribution in [0.5, 0.6) is 0 Å². The summed E-state index contributed by atoms with van der Waals surface area (Å²) >= 11 is 0. The first-order valence-electron chi connectivity index (χ1n) is 7.36. The Balaban J connectivity index is 2.59. The Morgan fingerprint density at radius 2 is 1.84 bits per heavy atom. The molecule has 0 aromatic rings. The lowest BCUT2D eigenvalue weighted by Gasteiger charge is -2.43. The van der Waals surface area contributed by atoms with Gasteiger partial charge in [-0.05, 0) is 43.4 Å². The summed E-state index contributed by atoms with van der Waals surface area (Å²) in [7, 11) is 0. The Hall–Kier alpha value is -0.570. The van der Waals surface area contributed by atoms with Gasteiger partial charge in [-0.1, -0.05) is 34.6 Å². The molecule has 1 fully saturated rings. The summed E-state index contributed by atoms with van der Waals surface area (Å²) in [5.41, 5.74) is 6.01. The monoisotopic (exact) mass is 269 g/mol. The van der Waals surface area contributed by atoms with Crippen molar-refractivity contribution in [3.8, 4) is 0 Å². The topological polar surface area (TPSA) is 52.3 Å². The molecule has 112 valence electrons. The Morgan fingerprint density at radius 3 is 2.32 bits per heavy atom. The van der Waals surface area contributed by atoms with Crippen LogP contribution >= 0.6 is 0 Å². The number of ether oxygens (including phenoxy) is 1. The van der Waals surface area contributed by atoms with Gasteiger partial charge in [0.1, 0.15) is 0 Å². The molecule has 1 aliphatic rings. The molecule has 0 radical (unpaired) electrons. The normalized spacial score (nSPS) is 31.0. The molecule has 1 rings (SSSR count). The fraction of sp³-hybridized carbons (Fsp3) is 0.938. The van der Waals surface area contributed by atoms with Gasteiger partial charge in [0, 0.05) is 6.04 Å². The van der Waals surface area contributed by atoms with E-state index in [1.165, 1.54) is 0 Å². The van der Waals surface area contributed by atoms with Crippen LogP contribution in [0.25, 0.3) is 0 Å². The van der Waals surface area contributed by atoms with Crippen molar-refractivity contribution in [1.29, 1.82) is 0 Å². The van der Waals surface area contributed by atoms with Crippen LogP contribution in [0.4, 0.5) is 0 Å². The lowest BCUT2D eigenvalue weighted by Crippen LogP contribution is -2.46. The van der Waals surface area contributed by atoms with Crippen LogP contribution in [0.1, 0.15) is 67.2 Å². The van der Waals surface area contributed by atoms with Crippen LogP contribution in [0, 0.1) is 16.2 Å². The number of carbonyl (C=O) groups excluding carboxylic acids is 1. The summed E-state index contributed by atoms with van der Waals surface area (Å²) in [5.74, 6) is -0.0695. The molecule has 0 heterocycles. The van der Waals surface area contributed by atoms with Crippen LogP contribution < -0.4 is 5.73 Å². The van der Waals surface area contributed by atoms with Crippen LogP contribution in [0.2, 0.25) is 0 Å². The average molecular weight is 269 g/mol. The fourth-order valence-corrected chi connectivity index (χ4v) is 3.34. The molecule has 0 aromatic carbocycles. The molecule has 2 N–H and O–H groups in total. The summed E-state index contributed by atoms with van der Waals surface area (Å²) in [6.07, 6.45) is 3.48. The van der Waals surface area contributed by atoms with Crippen molar-refractivity contribution in [1.82, 2.24) is 0 Å². The molecule has 3 nitrogen and oxygen atoms in total. The largest absolute Gasteiger partial charge is 0.465 e. The van der Waals surface area contributed by atoms with Gasteiger partial charge in [-0.2, -0.15) is 0 Å². The number of hydrogen-bond acceptors (Lipinski definition) is 3. The molecule has 2 unspecified atom stereocenters. The Labute approximate surface area is 118 Å². The number of hydrogen-bond donors (Lipinski definition) is 1. The van der Waals surface area contributed by atoms with E-state index in [-0.39, 0.29) is 22.8 Å². The number of esters is 1. The van der Waals surface area contributed by atoms with Crippen molar-refractivity contribution in [2.75, 3.05) is 6.61 Å². The first kappa shape index (κ1) is 16.5. The highest BCUT2D eigenvalue weighted by atomic mass is 16.5. The van der Waals surface area contributed by atoms with Gasteiger partial charge in [0.05, 0.1) is 12.0 Å². The molecule has 0 spiro atoms. The highest BCUT2D eigenvalue weighted by Crippen LogP contribution is 2.46. The molecule has 0 saturated heterocycles. The van der Waals surface area contributed by atoms with E-state index in [9.17, 15) is 4.79 Å². The maximum absolute atomic E-state index is 12.4. The van der Waals surface area contributed by atoms with Crippen LogP contribution in [0.3, 0.4) is 0 Å². The van der Waals surface area contributed by atoms with Gasteiger partial charge in [-0.15, -0.1) is 0 Å². The summed E-state index contributed by atoms with van der Waals surface area (Å²) in [5, 5.41) is 0. The zero-order valence-electron chi connectivity index (χ0n) is 13.5. The Kier molecular flexibility index (Phi) is 4.71. The van der Waals surface area contributed by atoms with E-state index in [1.54, 1.807) is 0 Å². The predicted octanol–water partition coefficient (Wildman–Crippen LogP) is 3.51. The summed E-state index contributed by atoms with van der Waals surface area (Å²) in [6.45, 7) is 13.4. The third kappa shape index (κ3) is 5.13. The molecule has 0 aliphatic heterocycles. The lowest BCUT2D eigenvalue weighted by molar-refractivity contribution is -0.160. The molecule has 0 bridgehead atoms. The van der Waals surface area contributed by atoms with Gasteiger partial charge in [0.2, 0.25) is 0 Å². The number of carbonyl (C=O) groups is 1. The van der Waals surface area contributed by atoms with Crippen molar-refractivity contribution < 1.29 is 9.53 Å². The molecule has 1 saturated carbocycles. The van der Waals surface area contributed by atoms with Gasteiger partial charge in [-0.25, -0.2) is 0 Å². The summed E-state index contributed by atoms with van der Waals surface area (Å²) in [4.78, 5) is 12.4. The number of rotatable bonds is 3. The van der Waals surface area contributed by atoms with Crippen molar-refractivity contribution >= 4 is 5.97 Å². The Bertz CT molecular complexity index is 330. The third-order valence-corrected chi connectivity index (χ3v) is 3.97. The molecular formula is C16H31NO2. The molecular weight excluding hydrogens is 238 g/mol. The highest BCUT2D eigenvalue weighted by Gasteiger charge is 2.45. The van der Waals surface area contributed by atoms with Gasteiger partial charge in [-0.3, -0.25) is 4.79 Å². The Morgan fingerprint density at radius 1 is 1.26 bits per heavy atom. The zero-order chi connectivity index (χ0) is 14.9. The lowest BCUT2D eigenvalue weighted by atomic mass is 9.63. The molecule has 2 atom stereocenters. The van der Waals surface area contributed by atoms with Crippen LogP contribution in [0.15, 0.2) is 0 Å². The van der Waals surface area contributed by atoms with Gasteiger partial charge >= 0.3 is 5.97 Å². The first-order valence-corrected chi connectivity index (χ1v) is 7.36. The maximum atomic E-state index is 12.4. The third-order valence-electron chi connectivity index (χ3n) is 3.97. The quantitative estimate of drug-likeness (QED) is 0.798. The van der Waals surface area contributed by atoms with E-state index in [4.69, 9.17) is 10.5 Å². The van der Waals surface area contributed by atoms with Gasteiger partial charge in [0.15, 0.2) is 0 Å². The molecule has 3 heteroatoms. The minimum atomic E-state index is -0.418. The smallest absolute Gasteiger partial charge is 0.311 e. The molecule has 0 amide bonds. The van der Waals surface area contributed by atoms with Gasteiger partial charge < -0.3 is 10.5 Å². The van der Waals surface area contributed by atoms with E-state index < -0.39 is 5.41 Å². The maximum Gasteiger partial charge on any atom is 0.311 e. The van der Waals surface area contributed by atoms with Crippen LogP contribution in [-0.4, -0.2) is 18.6 Å². The second-order valence-electron chi connectivity index (χ2n) is 8.52. The first-order chi connectivity index (χ1) is 8.44. The SMILES string of the molecule is CC(C)(C)CCOC(=O)C1(C)CC(N)CC(C)(C)C1. The molecule has 1 aliphatic carbocycles. The number of nitrogens with two attached hydrogens (primary N) is 1. The summed E-state index contributed by atoms with van der Waals surface area (Å²) < 4.78 is 5.51. The molecule has 0 aromatic heterocycles. The van der Waals surface area contributed by atoms with Crippen molar-refractivity contribution in [2.45, 2.75) is 73.3 Å². The highest BCUT2D eigenvalue weighted by molar-refractivity contribution is 5.76. The van der Waals surface area contributed by atoms with Crippen molar-refractivity contribution in [3.05, 3.63) is 0 Å². The second-order valence-corrected chi connectivity index (χ2v) is 8.52. The van der Waals surface area contributed by atoms with E-state index >= 15 is 0 Å². The van der Waals surface area contributed by atoms with E-state index in [1.807, 2.05) is 6.92 Å². The standard InChI is InChI=1S/C16H31NO2/c1-14(2,3)7-8-19-13(18)16(6)10-12(17)9-15(4,5)11-16/h12H,7-11,17H2,1-6H3. The average Bonchev–Trinajstić information content (AvgIpc) is 2.10. The molecule has 19 heavy (non-hydrogen) atoms. The van der Waals surface area contributed by atoms with Crippen LogP contribution in [-0.2, 0) is 9.53 Å². The van der Waals surface area contributed by atoms with E-state index in [0.717, 1.165) is 25.7 Å². The van der Waals surface area contributed by atoms with Crippen molar-refractivity contribution in [2.24, 2.45) is 22.0 Å². The second kappa shape index (κ2) is 5.43. The van der Waals surface area contributed by atoms with E-state index in [2.05, 4.69) is 34.6 Å².